The number of urea groups is 1. The Kier molecular flexibility index (Phi) is 7.37. The fraction of sp³-hybridized carbons (Fsp3) is 0.484. The molecular formula is C31H37FN4O5. The van der Waals surface area contributed by atoms with Gasteiger partial charge in [0.1, 0.15) is 11.6 Å². The lowest BCUT2D eigenvalue weighted by Crippen LogP contribution is -2.57. The van der Waals surface area contributed by atoms with Crippen LogP contribution in [0.25, 0.3) is 10.9 Å². The number of carbonyl (C=O) groups excluding carboxylic acids is 2. The number of likely N-dealkylation sites (tertiary alicyclic amines) is 1. The number of aryl methyl sites for hydroxylation is 1. The number of amides is 3. The lowest BCUT2D eigenvalue weighted by molar-refractivity contribution is -0.144. The number of methoxy groups -OCH3 is 1. The normalized spacial score (nSPS) is 20.7. The summed E-state index contributed by atoms with van der Waals surface area (Å²) in [6, 6.07) is 11.2. The minimum atomic E-state index is -0.469. The zero-order chi connectivity index (χ0) is 28.7. The molecule has 9 nitrogen and oxygen atoms in total. The second-order valence-electron chi connectivity index (χ2n) is 11.5. The van der Waals surface area contributed by atoms with Crippen LogP contribution >= 0.6 is 0 Å². The zero-order valence-electron chi connectivity index (χ0n) is 23.6. The van der Waals surface area contributed by atoms with Crippen molar-refractivity contribution in [1.29, 1.82) is 0 Å². The monoisotopic (exact) mass is 564 g/mol. The number of halogens is 1. The first-order chi connectivity index (χ1) is 19.8. The van der Waals surface area contributed by atoms with Crippen molar-refractivity contribution in [3.05, 3.63) is 59.5 Å². The molecule has 2 fully saturated rings. The number of fused-ring (bicyclic) bond motifs is 4. The van der Waals surface area contributed by atoms with Crippen LogP contribution in [0.3, 0.4) is 0 Å². The number of benzene rings is 2. The molecule has 0 unspecified atom stereocenters. The molecule has 2 N–H and O–H groups in total. The van der Waals surface area contributed by atoms with Gasteiger partial charge in [-0.1, -0.05) is 6.07 Å². The molecule has 0 radical (unpaired) electrons. The Labute approximate surface area is 238 Å². The molecule has 0 aliphatic carbocycles. The Bertz CT molecular complexity index is 1460. The molecule has 4 heterocycles. The Morgan fingerprint density at radius 1 is 1.15 bits per heavy atom. The van der Waals surface area contributed by atoms with E-state index in [4.69, 9.17) is 9.47 Å². The molecule has 1 atom stereocenters. The minimum absolute atomic E-state index is 0.0616. The van der Waals surface area contributed by atoms with Crippen molar-refractivity contribution in [1.82, 2.24) is 14.4 Å². The van der Waals surface area contributed by atoms with Crippen LogP contribution in [0.5, 0.6) is 5.75 Å². The van der Waals surface area contributed by atoms with Gasteiger partial charge in [-0.25, -0.2) is 9.18 Å². The summed E-state index contributed by atoms with van der Waals surface area (Å²) in [5.74, 6) is 0.259. The maximum atomic E-state index is 14.0. The van der Waals surface area contributed by atoms with E-state index in [1.54, 1.807) is 24.1 Å². The highest BCUT2D eigenvalue weighted by Crippen LogP contribution is 2.50. The van der Waals surface area contributed by atoms with Gasteiger partial charge >= 0.3 is 6.03 Å². The Morgan fingerprint density at radius 2 is 1.90 bits per heavy atom. The average Bonchev–Trinajstić information content (AvgIpc) is 3.30. The van der Waals surface area contributed by atoms with E-state index in [0.29, 0.717) is 64.2 Å². The van der Waals surface area contributed by atoms with Crippen molar-refractivity contribution in [3.8, 4) is 5.75 Å². The third kappa shape index (κ3) is 4.82. The quantitative estimate of drug-likeness (QED) is 0.496. The summed E-state index contributed by atoms with van der Waals surface area (Å²) in [7, 11) is 3.63. The van der Waals surface area contributed by atoms with Crippen LogP contribution in [0.2, 0.25) is 0 Å². The van der Waals surface area contributed by atoms with Crippen LogP contribution in [0.4, 0.5) is 14.9 Å². The van der Waals surface area contributed by atoms with Gasteiger partial charge in [0.15, 0.2) is 0 Å². The predicted molar refractivity (Wildman–Crippen MR) is 152 cm³/mol. The van der Waals surface area contributed by atoms with Crippen molar-refractivity contribution in [3.63, 3.8) is 0 Å². The topological polar surface area (TPSA) is 96.3 Å². The van der Waals surface area contributed by atoms with Crippen molar-refractivity contribution in [2.24, 2.45) is 13.0 Å². The van der Waals surface area contributed by atoms with Crippen LogP contribution in [-0.4, -0.2) is 78.0 Å². The molecule has 1 spiro atoms. The summed E-state index contributed by atoms with van der Waals surface area (Å²) < 4.78 is 26.8. The van der Waals surface area contributed by atoms with E-state index in [2.05, 4.69) is 16.0 Å². The van der Waals surface area contributed by atoms with Gasteiger partial charge in [-0.05, 0) is 61.6 Å². The van der Waals surface area contributed by atoms with Crippen molar-refractivity contribution in [2.45, 2.75) is 37.1 Å². The number of hydrogen-bond donors (Lipinski definition) is 2. The van der Waals surface area contributed by atoms with E-state index in [9.17, 15) is 19.1 Å². The smallest absolute Gasteiger partial charge is 0.321 e. The molecule has 0 bridgehead atoms. The molecule has 2 saturated heterocycles. The second kappa shape index (κ2) is 11.0. The fourth-order valence-corrected chi connectivity index (χ4v) is 7.08. The summed E-state index contributed by atoms with van der Waals surface area (Å²) in [4.78, 5) is 30.8. The Balaban J connectivity index is 1.37. The highest BCUT2D eigenvalue weighted by atomic mass is 19.1. The standard InChI is InChI=1S/C31H37FN4O5/c1-34-25-17-23(40-2)6-7-24(25)27-28(34)26(18-37)36(29(38)20-8-14-41-15-9-20)19-31(27)10-12-35(13-11-31)30(39)33-22-5-3-4-21(32)16-22/h3-7,16-17,20,26,37H,8-15,18-19H2,1-2H3,(H,33,39)/t26-/m0/s1. The third-order valence-electron chi connectivity index (χ3n) is 9.26. The first kappa shape index (κ1) is 27.5. The van der Waals surface area contributed by atoms with Crippen LogP contribution in [0.1, 0.15) is 43.0 Å². The van der Waals surface area contributed by atoms with Crippen LogP contribution in [0, 0.1) is 11.7 Å². The fourth-order valence-electron chi connectivity index (χ4n) is 7.08. The molecule has 218 valence electrons. The van der Waals surface area contributed by atoms with Crippen LogP contribution < -0.4 is 10.1 Å². The first-order valence-corrected chi connectivity index (χ1v) is 14.3. The number of piperidine rings is 1. The van der Waals surface area contributed by atoms with Gasteiger partial charge in [0, 0.05) is 74.1 Å². The van der Waals surface area contributed by atoms with Gasteiger partial charge < -0.3 is 34.3 Å². The maximum absolute atomic E-state index is 14.0. The summed E-state index contributed by atoms with van der Waals surface area (Å²) in [6.07, 6.45) is 2.65. The number of nitrogens with one attached hydrogen (secondary N) is 1. The number of aliphatic hydroxyl groups is 1. The molecule has 0 saturated carbocycles. The Morgan fingerprint density at radius 3 is 2.59 bits per heavy atom. The lowest BCUT2D eigenvalue weighted by atomic mass is 9.68. The summed E-state index contributed by atoms with van der Waals surface area (Å²) >= 11 is 0. The number of ether oxygens (including phenoxy) is 2. The summed E-state index contributed by atoms with van der Waals surface area (Å²) in [5.41, 5.74) is 3.10. The van der Waals surface area contributed by atoms with Crippen molar-refractivity contribution >= 4 is 28.5 Å². The SMILES string of the molecule is COc1ccc2c3c(n(C)c2c1)[C@H](CO)N(C(=O)C1CCOCC1)CC31CCN(C(=O)Nc2cccc(F)c2)CC1. The first-order valence-electron chi connectivity index (χ1n) is 14.3. The van der Waals surface area contributed by atoms with E-state index in [0.717, 1.165) is 27.9 Å². The third-order valence-corrected chi connectivity index (χ3v) is 9.26. The number of aromatic nitrogens is 1. The molecule has 10 heteroatoms. The number of carbonyl (C=O) groups is 2. The predicted octanol–water partition coefficient (Wildman–Crippen LogP) is 4.19. The van der Waals surface area contributed by atoms with Crippen molar-refractivity contribution < 1.29 is 28.6 Å². The van der Waals surface area contributed by atoms with Gasteiger partial charge in [-0.3, -0.25) is 4.79 Å². The van der Waals surface area contributed by atoms with E-state index in [1.807, 2.05) is 24.1 Å². The number of rotatable bonds is 4. The molecule has 3 aliphatic rings. The van der Waals surface area contributed by atoms with Gasteiger partial charge in [-0.2, -0.15) is 0 Å². The van der Waals surface area contributed by atoms with E-state index in [-0.39, 0.29) is 24.5 Å². The summed E-state index contributed by atoms with van der Waals surface area (Å²) in [5, 5.41) is 14.6. The largest absolute Gasteiger partial charge is 0.497 e. The Hall–Kier alpha value is -3.63. The molecule has 3 amide bonds. The van der Waals surface area contributed by atoms with Crippen LogP contribution in [0.15, 0.2) is 42.5 Å². The van der Waals surface area contributed by atoms with Crippen molar-refractivity contribution in [2.75, 3.05) is 51.9 Å². The number of hydrogen-bond acceptors (Lipinski definition) is 5. The highest BCUT2D eigenvalue weighted by molar-refractivity contribution is 5.91. The zero-order valence-corrected chi connectivity index (χ0v) is 23.6. The summed E-state index contributed by atoms with van der Waals surface area (Å²) in [6.45, 7) is 2.39. The molecule has 2 aromatic carbocycles. The van der Waals surface area contributed by atoms with Gasteiger partial charge in [0.25, 0.3) is 0 Å². The molecular weight excluding hydrogens is 527 g/mol. The average molecular weight is 565 g/mol. The molecule has 1 aromatic heterocycles. The molecule has 41 heavy (non-hydrogen) atoms. The molecule has 3 aromatic rings. The van der Waals surface area contributed by atoms with Gasteiger partial charge in [-0.15, -0.1) is 0 Å². The number of aliphatic hydroxyl groups excluding tert-OH is 1. The number of anilines is 1. The second-order valence-corrected chi connectivity index (χ2v) is 11.5. The van der Waals surface area contributed by atoms with Gasteiger partial charge in [0.05, 0.1) is 25.3 Å². The van der Waals surface area contributed by atoms with Crippen LogP contribution in [-0.2, 0) is 22.0 Å². The lowest BCUT2D eigenvalue weighted by Gasteiger charge is -2.51. The minimum Gasteiger partial charge on any atom is -0.497 e. The molecule has 6 rings (SSSR count). The van der Waals surface area contributed by atoms with Gasteiger partial charge in [0.2, 0.25) is 5.91 Å². The molecule has 3 aliphatic heterocycles. The van der Waals surface area contributed by atoms with E-state index in [1.165, 1.54) is 12.1 Å². The maximum Gasteiger partial charge on any atom is 0.321 e. The highest BCUT2D eigenvalue weighted by Gasteiger charge is 2.50. The number of nitrogens with zero attached hydrogens (tertiary/aromatic N) is 3. The van der Waals surface area contributed by atoms with E-state index >= 15 is 0 Å². The van der Waals surface area contributed by atoms with E-state index < -0.39 is 17.3 Å².